The third-order valence-electron chi connectivity index (χ3n) is 3.29. The Morgan fingerprint density at radius 3 is 2.82 bits per heavy atom. The van der Waals surface area contributed by atoms with Gasteiger partial charge < -0.3 is 10.4 Å². The molecule has 2 N–H and O–H groups in total. The number of aromatic nitrogens is 1. The Labute approximate surface area is 101 Å². The fraction of sp³-hybridized carbons (Fsp3) is 0.538. The maximum atomic E-state index is 11.8. The van der Waals surface area contributed by atoms with E-state index >= 15 is 0 Å². The SMILES string of the molecule is O=C(NCC1(O)CCCCC1)c1cccnc1. The van der Waals surface area contributed by atoms with Gasteiger partial charge in [0.1, 0.15) is 0 Å². The van der Waals surface area contributed by atoms with Gasteiger partial charge in [-0.2, -0.15) is 0 Å². The third kappa shape index (κ3) is 3.27. The van der Waals surface area contributed by atoms with E-state index in [1.165, 1.54) is 12.6 Å². The van der Waals surface area contributed by atoms with Gasteiger partial charge >= 0.3 is 0 Å². The van der Waals surface area contributed by atoms with E-state index in [2.05, 4.69) is 10.3 Å². The number of nitrogens with zero attached hydrogens (tertiary/aromatic N) is 1. The summed E-state index contributed by atoms with van der Waals surface area (Å²) >= 11 is 0. The van der Waals surface area contributed by atoms with E-state index in [-0.39, 0.29) is 5.91 Å². The van der Waals surface area contributed by atoms with Gasteiger partial charge in [0.05, 0.1) is 11.2 Å². The van der Waals surface area contributed by atoms with Crippen molar-refractivity contribution in [3.05, 3.63) is 30.1 Å². The fourth-order valence-electron chi connectivity index (χ4n) is 2.23. The predicted octanol–water partition coefficient (Wildman–Crippen LogP) is 1.51. The Hall–Kier alpha value is -1.42. The van der Waals surface area contributed by atoms with Gasteiger partial charge in [0.2, 0.25) is 0 Å². The summed E-state index contributed by atoms with van der Waals surface area (Å²) in [6.07, 6.45) is 7.98. The number of carbonyl (C=O) groups excluding carboxylic acids is 1. The van der Waals surface area contributed by atoms with Crippen LogP contribution < -0.4 is 5.32 Å². The van der Waals surface area contributed by atoms with Crippen molar-refractivity contribution in [2.24, 2.45) is 0 Å². The van der Waals surface area contributed by atoms with Gasteiger partial charge in [-0.3, -0.25) is 9.78 Å². The average Bonchev–Trinajstić information content (AvgIpc) is 2.38. The van der Waals surface area contributed by atoms with Crippen LogP contribution in [0.3, 0.4) is 0 Å². The summed E-state index contributed by atoms with van der Waals surface area (Å²) in [5.41, 5.74) is -0.178. The molecule has 1 aromatic rings. The molecule has 4 nitrogen and oxygen atoms in total. The maximum Gasteiger partial charge on any atom is 0.252 e. The van der Waals surface area contributed by atoms with Gasteiger partial charge in [0, 0.05) is 18.9 Å². The second-order valence-electron chi connectivity index (χ2n) is 4.71. The highest BCUT2D eigenvalue weighted by Crippen LogP contribution is 2.27. The van der Waals surface area contributed by atoms with Crippen LogP contribution in [0.25, 0.3) is 0 Å². The summed E-state index contributed by atoms with van der Waals surface area (Å²) in [5.74, 6) is -0.169. The Balaban J connectivity index is 1.87. The lowest BCUT2D eigenvalue weighted by Crippen LogP contribution is -2.44. The Bertz CT molecular complexity index is 372. The summed E-state index contributed by atoms with van der Waals surface area (Å²) in [6, 6.07) is 3.44. The summed E-state index contributed by atoms with van der Waals surface area (Å²) in [4.78, 5) is 15.7. The number of rotatable bonds is 3. The van der Waals surface area contributed by atoms with Crippen molar-refractivity contribution in [1.29, 1.82) is 0 Å². The first kappa shape index (κ1) is 12.0. The Morgan fingerprint density at radius 1 is 1.41 bits per heavy atom. The second kappa shape index (κ2) is 5.27. The molecule has 1 aliphatic rings. The molecule has 1 saturated carbocycles. The zero-order valence-corrected chi connectivity index (χ0v) is 9.85. The molecule has 2 rings (SSSR count). The van der Waals surface area contributed by atoms with Gasteiger partial charge in [0.25, 0.3) is 5.91 Å². The van der Waals surface area contributed by atoms with E-state index in [4.69, 9.17) is 0 Å². The number of amides is 1. The number of nitrogens with one attached hydrogen (secondary N) is 1. The minimum absolute atomic E-state index is 0.169. The van der Waals surface area contributed by atoms with Gasteiger partial charge in [-0.05, 0) is 25.0 Å². The highest BCUT2D eigenvalue weighted by Gasteiger charge is 2.29. The molecule has 4 heteroatoms. The number of hydrogen-bond donors (Lipinski definition) is 2. The molecule has 1 fully saturated rings. The number of carbonyl (C=O) groups is 1. The summed E-state index contributed by atoms with van der Waals surface area (Å²) in [5, 5.41) is 13.0. The molecule has 1 aromatic heterocycles. The van der Waals surface area contributed by atoms with Crippen LogP contribution in [0.5, 0.6) is 0 Å². The van der Waals surface area contributed by atoms with Crippen molar-refractivity contribution in [2.75, 3.05) is 6.54 Å². The first-order valence-electron chi connectivity index (χ1n) is 6.10. The number of aliphatic hydroxyl groups is 1. The zero-order chi connectivity index (χ0) is 12.1. The lowest BCUT2D eigenvalue weighted by molar-refractivity contribution is 0.00525. The molecule has 0 unspecified atom stereocenters. The molecule has 1 heterocycles. The van der Waals surface area contributed by atoms with Crippen molar-refractivity contribution >= 4 is 5.91 Å². The molecule has 0 saturated heterocycles. The monoisotopic (exact) mass is 234 g/mol. The predicted molar refractivity (Wildman–Crippen MR) is 64.6 cm³/mol. The minimum Gasteiger partial charge on any atom is -0.388 e. The van der Waals surface area contributed by atoms with Crippen LogP contribution in [0.1, 0.15) is 42.5 Å². The van der Waals surface area contributed by atoms with Crippen molar-refractivity contribution in [1.82, 2.24) is 10.3 Å². The van der Waals surface area contributed by atoms with E-state index in [0.717, 1.165) is 25.7 Å². The van der Waals surface area contributed by atoms with Crippen molar-refractivity contribution < 1.29 is 9.90 Å². The average molecular weight is 234 g/mol. The smallest absolute Gasteiger partial charge is 0.252 e. The van der Waals surface area contributed by atoms with Crippen molar-refractivity contribution in [3.8, 4) is 0 Å². The summed E-state index contributed by atoms with van der Waals surface area (Å²) < 4.78 is 0. The molecule has 0 atom stereocenters. The molecule has 0 aromatic carbocycles. The van der Waals surface area contributed by atoms with Crippen molar-refractivity contribution in [3.63, 3.8) is 0 Å². The largest absolute Gasteiger partial charge is 0.388 e. The van der Waals surface area contributed by atoms with Gasteiger partial charge in [0.15, 0.2) is 0 Å². The second-order valence-corrected chi connectivity index (χ2v) is 4.71. The normalized spacial score (nSPS) is 18.6. The molecule has 0 radical (unpaired) electrons. The lowest BCUT2D eigenvalue weighted by Gasteiger charge is -2.32. The highest BCUT2D eigenvalue weighted by atomic mass is 16.3. The first-order chi connectivity index (χ1) is 8.20. The van der Waals surface area contributed by atoms with Gasteiger partial charge in [-0.1, -0.05) is 19.3 Å². The van der Waals surface area contributed by atoms with Crippen LogP contribution in [-0.2, 0) is 0 Å². The van der Waals surface area contributed by atoms with E-state index in [9.17, 15) is 9.90 Å². The highest BCUT2D eigenvalue weighted by molar-refractivity contribution is 5.93. The lowest BCUT2D eigenvalue weighted by atomic mass is 9.85. The van der Waals surface area contributed by atoms with Crippen LogP contribution in [0.4, 0.5) is 0 Å². The maximum absolute atomic E-state index is 11.8. The minimum atomic E-state index is -0.712. The van der Waals surface area contributed by atoms with E-state index < -0.39 is 5.60 Å². The van der Waals surface area contributed by atoms with Crippen LogP contribution >= 0.6 is 0 Å². The Kier molecular flexibility index (Phi) is 3.74. The standard InChI is InChI=1S/C13H18N2O2/c16-12(11-5-4-8-14-9-11)15-10-13(17)6-2-1-3-7-13/h4-5,8-9,17H,1-3,6-7,10H2,(H,15,16). The van der Waals surface area contributed by atoms with Crippen LogP contribution in [0.2, 0.25) is 0 Å². The topological polar surface area (TPSA) is 62.2 Å². The number of hydrogen-bond acceptors (Lipinski definition) is 3. The van der Waals surface area contributed by atoms with Crippen LogP contribution in [-0.4, -0.2) is 28.1 Å². The van der Waals surface area contributed by atoms with Gasteiger partial charge in [-0.15, -0.1) is 0 Å². The molecule has 0 bridgehead atoms. The molecule has 0 spiro atoms. The number of pyridine rings is 1. The molecule has 17 heavy (non-hydrogen) atoms. The molecule has 1 aliphatic carbocycles. The van der Waals surface area contributed by atoms with E-state index in [1.807, 2.05) is 0 Å². The molecule has 1 amide bonds. The zero-order valence-electron chi connectivity index (χ0n) is 9.85. The van der Waals surface area contributed by atoms with E-state index in [0.29, 0.717) is 12.1 Å². The first-order valence-corrected chi connectivity index (χ1v) is 6.10. The quantitative estimate of drug-likeness (QED) is 0.833. The molecule has 92 valence electrons. The van der Waals surface area contributed by atoms with Crippen molar-refractivity contribution in [2.45, 2.75) is 37.7 Å². The fourth-order valence-corrected chi connectivity index (χ4v) is 2.23. The molecular formula is C13H18N2O2. The summed E-state index contributed by atoms with van der Waals surface area (Å²) in [7, 11) is 0. The van der Waals surface area contributed by atoms with Gasteiger partial charge in [-0.25, -0.2) is 0 Å². The molecule has 0 aliphatic heterocycles. The third-order valence-corrected chi connectivity index (χ3v) is 3.29. The molecular weight excluding hydrogens is 216 g/mol. The Morgan fingerprint density at radius 2 is 2.18 bits per heavy atom. The summed E-state index contributed by atoms with van der Waals surface area (Å²) in [6.45, 7) is 0.334. The van der Waals surface area contributed by atoms with Crippen LogP contribution in [0, 0.1) is 0 Å². The van der Waals surface area contributed by atoms with E-state index in [1.54, 1.807) is 18.3 Å². The van der Waals surface area contributed by atoms with Crippen LogP contribution in [0.15, 0.2) is 24.5 Å².